The van der Waals surface area contributed by atoms with Gasteiger partial charge in [-0.05, 0) is 53.9 Å². The molecule has 27 heavy (non-hydrogen) atoms. The molecule has 1 fully saturated rings. The predicted molar refractivity (Wildman–Crippen MR) is 106 cm³/mol. The number of sulfonamides is 1. The Morgan fingerprint density at radius 3 is 2.59 bits per heavy atom. The molecule has 2 aromatic carbocycles. The second-order valence-electron chi connectivity index (χ2n) is 7.71. The van der Waals surface area contributed by atoms with E-state index in [0.717, 1.165) is 36.0 Å². The summed E-state index contributed by atoms with van der Waals surface area (Å²) in [5, 5.41) is 9.68. The van der Waals surface area contributed by atoms with Crippen LogP contribution in [-0.4, -0.2) is 25.0 Å². The zero-order valence-electron chi connectivity index (χ0n) is 15.3. The van der Waals surface area contributed by atoms with Crippen LogP contribution in [0.2, 0.25) is 0 Å². The molecule has 1 saturated carbocycles. The number of hydrogen-bond acceptors (Lipinski definition) is 3. The quantitative estimate of drug-likeness (QED) is 0.769. The average molecular weight is 381 g/mol. The molecule has 0 aromatic heterocycles. The molecule has 0 spiro atoms. The molecule has 4 nitrogen and oxygen atoms in total. The fraction of sp³-hybridized carbons (Fsp3) is 0.409. The Morgan fingerprint density at radius 1 is 1.11 bits per heavy atom. The van der Waals surface area contributed by atoms with Gasteiger partial charge in [0.1, 0.15) is 0 Å². The molecular formula is C22H24N2O2S. The molecule has 1 heterocycles. The molecule has 0 saturated heterocycles. The van der Waals surface area contributed by atoms with Crippen molar-refractivity contribution in [1.82, 2.24) is 4.31 Å². The number of rotatable bonds is 6. The monoisotopic (exact) mass is 380 g/mol. The van der Waals surface area contributed by atoms with E-state index in [2.05, 4.69) is 12.1 Å². The lowest BCUT2D eigenvalue weighted by molar-refractivity contribution is 0.390. The van der Waals surface area contributed by atoms with E-state index >= 15 is 0 Å². The van der Waals surface area contributed by atoms with Gasteiger partial charge in [0.2, 0.25) is 10.0 Å². The largest absolute Gasteiger partial charge is 0.214 e. The molecule has 0 radical (unpaired) electrons. The van der Waals surface area contributed by atoms with E-state index in [1.807, 2.05) is 42.5 Å². The maximum atomic E-state index is 12.6. The van der Waals surface area contributed by atoms with E-state index in [9.17, 15) is 13.7 Å². The standard InChI is InChI=1S/C22H24N2O2S/c23-14-21(12-17-4-2-1-3-5-17)20-9-8-19-10-11-24(15-22(19)13-20)27(25,26)16-18-6-7-18/h1-5,8-9,13,18,21H,6-7,10-12,15-16H2. The summed E-state index contributed by atoms with van der Waals surface area (Å²) in [5.41, 5.74) is 4.36. The number of benzene rings is 2. The molecule has 0 amide bonds. The van der Waals surface area contributed by atoms with Gasteiger partial charge < -0.3 is 0 Å². The zero-order chi connectivity index (χ0) is 18.9. The van der Waals surface area contributed by atoms with Gasteiger partial charge in [0.05, 0.1) is 17.7 Å². The second-order valence-corrected chi connectivity index (χ2v) is 9.72. The first kappa shape index (κ1) is 18.2. The molecule has 0 bridgehead atoms. The van der Waals surface area contributed by atoms with Gasteiger partial charge in [0, 0.05) is 13.1 Å². The number of fused-ring (bicyclic) bond motifs is 1. The van der Waals surface area contributed by atoms with Gasteiger partial charge in [-0.3, -0.25) is 0 Å². The SMILES string of the molecule is N#CC(Cc1ccccc1)c1ccc2c(c1)CN(S(=O)(=O)CC1CC1)CC2. The summed E-state index contributed by atoms with van der Waals surface area (Å²) < 4.78 is 26.9. The Morgan fingerprint density at radius 2 is 1.89 bits per heavy atom. The van der Waals surface area contributed by atoms with Crippen molar-refractivity contribution in [3.05, 3.63) is 70.8 Å². The summed E-state index contributed by atoms with van der Waals surface area (Å²) in [5.74, 6) is 0.421. The molecule has 1 aliphatic carbocycles. The first-order valence-corrected chi connectivity index (χ1v) is 11.2. The third kappa shape index (κ3) is 4.23. The summed E-state index contributed by atoms with van der Waals surface area (Å²) >= 11 is 0. The fourth-order valence-corrected chi connectivity index (χ4v) is 5.63. The van der Waals surface area contributed by atoms with Crippen LogP contribution >= 0.6 is 0 Å². The topological polar surface area (TPSA) is 61.2 Å². The van der Waals surface area contributed by atoms with Gasteiger partial charge in [-0.1, -0.05) is 48.5 Å². The van der Waals surface area contributed by atoms with Crippen molar-refractivity contribution < 1.29 is 8.42 Å². The van der Waals surface area contributed by atoms with Crippen molar-refractivity contribution in [2.45, 2.75) is 38.1 Å². The molecular weight excluding hydrogens is 356 g/mol. The molecule has 0 N–H and O–H groups in total. The maximum Gasteiger partial charge on any atom is 0.214 e. The van der Waals surface area contributed by atoms with E-state index in [-0.39, 0.29) is 11.7 Å². The summed E-state index contributed by atoms with van der Waals surface area (Å²) in [6, 6.07) is 18.6. The van der Waals surface area contributed by atoms with Crippen LogP contribution in [-0.2, 0) is 29.4 Å². The Bertz CT molecular complexity index is 960. The highest BCUT2D eigenvalue weighted by atomic mass is 32.2. The summed E-state index contributed by atoms with van der Waals surface area (Å²) in [6.07, 6.45) is 3.49. The summed E-state index contributed by atoms with van der Waals surface area (Å²) in [4.78, 5) is 0. The molecule has 4 rings (SSSR count). The van der Waals surface area contributed by atoms with Crippen LogP contribution < -0.4 is 0 Å². The smallest absolute Gasteiger partial charge is 0.212 e. The van der Waals surface area contributed by atoms with E-state index in [0.29, 0.717) is 25.4 Å². The minimum atomic E-state index is -3.18. The van der Waals surface area contributed by atoms with E-state index in [4.69, 9.17) is 0 Å². The zero-order valence-corrected chi connectivity index (χ0v) is 16.2. The predicted octanol–water partition coefficient (Wildman–Crippen LogP) is 3.63. The van der Waals surface area contributed by atoms with Gasteiger partial charge in [-0.25, -0.2) is 8.42 Å². The van der Waals surface area contributed by atoms with Crippen molar-refractivity contribution in [3.8, 4) is 6.07 Å². The van der Waals surface area contributed by atoms with Crippen molar-refractivity contribution >= 4 is 10.0 Å². The van der Waals surface area contributed by atoms with Crippen molar-refractivity contribution in [2.24, 2.45) is 5.92 Å². The lowest BCUT2D eigenvalue weighted by Gasteiger charge is -2.29. The van der Waals surface area contributed by atoms with Crippen LogP contribution in [0.4, 0.5) is 0 Å². The van der Waals surface area contributed by atoms with Crippen LogP contribution in [0.15, 0.2) is 48.5 Å². The number of nitrogens with zero attached hydrogens (tertiary/aromatic N) is 2. The molecule has 1 unspecified atom stereocenters. The van der Waals surface area contributed by atoms with Gasteiger partial charge in [0.25, 0.3) is 0 Å². The Labute approximate surface area is 161 Å². The molecule has 2 aromatic rings. The van der Waals surface area contributed by atoms with Crippen LogP contribution in [0, 0.1) is 17.2 Å². The van der Waals surface area contributed by atoms with E-state index in [1.165, 1.54) is 5.56 Å². The second kappa shape index (κ2) is 7.46. The molecule has 2 aliphatic rings. The summed E-state index contributed by atoms with van der Waals surface area (Å²) in [6.45, 7) is 0.995. The van der Waals surface area contributed by atoms with E-state index < -0.39 is 10.0 Å². The minimum Gasteiger partial charge on any atom is -0.212 e. The highest BCUT2D eigenvalue weighted by molar-refractivity contribution is 7.89. The van der Waals surface area contributed by atoms with Gasteiger partial charge >= 0.3 is 0 Å². The van der Waals surface area contributed by atoms with Gasteiger partial charge in [-0.2, -0.15) is 9.57 Å². The van der Waals surface area contributed by atoms with Crippen molar-refractivity contribution in [3.63, 3.8) is 0 Å². The highest BCUT2D eigenvalue weighted by Crippen LogP contribution is 2.33. The van der Waals surface area contributed by atoms with Crippen molar-refractivity contribution in [2.75, 3.05) is 12.3 Å². The van der Waals surface area contributed by atoms with Crippen LogP contribution in [0.3, 0.4) is 0 Å². The molecule has 1 atom stereocenters. The minimum absolute atomic E-state index is 0.226. The Balaban J connectivity index is 1.54. The molecule has 1 aliphatic heterocycles. The average Bonchev–Trinajstić information content (AvgIpc) is 3.49. The van der Waals surface area contributed by atoms with Crippen LogP contribution in [0.5, 0.6) is 0 Å². The fourth-order valence-electron chi connectivity index (χ4n) is 3.78. The number of nitriles is 1. The Hall–Kier alpha value is -2.16. The van der Waals surface area contributed by atoms with Crippen LogP contribution in [0.25, 0.3) is 0 Å². The third-order valence-corrected chi connectivity index (χ3v) is 7.58. The van der Waals surface area contributed by atoms with E-state index in [1.54, 1.807) is 4.31 Å². The lowest BCUT2D eigenvalue weighted by atomic mass is 9.89. The first-order valence-electron chi connectivity index (χ1n) is 9.58. The normalized spacial score (nSPS) is 18.5. The molecule has 5 heteroatoms. The van der Waals surface area contributed by atoms with Gasteiger partial charge in [0.15, 0.2) is 0 Å². The first-order chi connectivity index (χ1) is 13.0. The van der Waals surface area contributed by atoms with Gasteiger partial charge in [-0.15, -0.1) is 0 Å². The van der Waals surface area contributed by atoms with Crippen LogP contribution in [0.1, 0.15) is 41.0 Å². The number of hydrogen-bond donors (Lipinski definition) is 0. The Kier molecular flexibility index (Phi) is 5.03. The third-order valence-electron chi connectivity index (χ3n) is 5.59. The summed E-state index contributed by atoms with van der Waals surface area (Å²) in [7, 11) is -3.18. The highest BCUT2D eigenvalue weighted by Gasteiger charge is 2.33. The van der Waals surface area contributed by atoms with Crippen molar-refractivity contribution in [1.29, 1.82) is 5.26 Å². The molecule has 140 valence electrons. The maximum absolute atomic E-state index is 12.6. The lowest BCUT2D eigenvalue weighted by Crippen LogP contribution is -2.37.